The Bertz CT molecular complexity index is 1110. The Balaban J connectivity index is 4.29. The van der Waals surface area contributed by atoms with Crippen LogP contribution in [0, 0.1) is 11.8 Å². The molecule has 2 atom stereocenters. The van der Waals surface area contributed by atoms with Crippen molar-refractivity contribution in [3.63, 3.8) is 0 Å². The molecule has 0 aromatic carbocycles. The maximum absolute atomic E-state index is 12.9. The Morgan fingerprint density at radius 2 is 0.528 bits per heavy atom. The molecule has 0 rings (SSSR count). The van der Waals surface area contributed by atoms with Crippen LogP contribution in [0.4, 0.5) is 0 Å². The van der Waals surface area contributed by atoms with E-state index in [1.54, 1.807) is 0 Å². The summed E-state index contributed by atoms with van der Waals surface area (Å²) in [6.07, 6.45) is 65.3. The van der Waals surface area contributed by atoms with E-state index in [2.05, 4.69) is 34.6 Å². The van der Waals surface area contributed by atoms with E-state index in [0.29, 0.717) is 19.3 Å². The lowest BCUT2D eigenvalue weighted by Gasteiger charge is -2.18. The third-order valence-corrected chi connectivity index (χ3v) is 15.6. The van der Waals surface area contributed by atoms with Gasteiger partial charge in [-0.25, -0.2) is 0 Å². The van der Waals surface area contributed by atoms with Crippen LogP contribution >= 0.6 is 0 Å². The Morgan fingerprint density at radius 3 is 0.792 bits per heavy atom. The summed E-state index contributed by atoms with van der Waals surface area (Å²) >= 11 is 0. The van der Waals surface area contributed by atoms with E-state index in [9.17, 15) is 14.4 Å². The summed E-state index contributed by atoms with van der Waals surface area (Å²) in [5, 5.41) is 0. The van der Waals surface area contributed by atoms with Crippen molar-refractivity contribution >= 4 is 17.9 Å². The largest absolute Gasteiger partial charge is 0.462 e. The molecule has 0 heterocycles. The van der Waals surface area contributed by atoms with Crippen LogP contribution in [0.3, 0.4) is 0 Å². The second kappa shape index (κ2) is 58.7. The fraction of sp³-hybridized carbons (Fsp3) is 0.955. The van der Waals surface area contributed by atoms with Gasteiger partial charge in [-0.2, -0.15) is 0 Å². The van der Waals surface area contributed by atoms with Crippen molar-refractivity contribution in [2.45, 2.75) is 381 Å². The second-order valence-corrected chi connectivity index (χ2v) is 23.5. The second-order valence-electron chi connectivity index (χ2n) is 23.5. The first-order valence-electron chi connectivity index (χ1n) is 32.8. The molecule has 0 saturated heterocycles. The quantitative estimate of drug-likeness (QED) is 0.0343. The maximum atomic E-state index is 12.9. The van der Waals surface area contributed by atoms with Gasteiger partial charge in [-0.05, 0) is 31.1 Å². The van der Waals surface area contributed by atoms with Crippen LogP contribution in [0.2, 0.25) is 0 Å². The smallest absolute Gasteiger partial charge is 0.306 e. The highest BCUT2D eigenvalue weighted by molar-refractivity contribution is 5.71. The minimum Gasteiger partial charge on any atom is -0.462 e. The summed E-state index contributed by atoms with van der Waals surface area (Å²) in [4.78, 5) is 38.4. The molecule has 6 heteroatoms. The Hall–Kier alpha value is -1.59. The normalized spacial score (nSPS) is 12.4. The molecule has 6 nitrogen and oxygen atoms in total. The summed E-state index contributed by atoms with van der Waals surface area (Å²) < 4.78 is 17.0. The van der Waals surface area contributed by atoms with E-state index in [0.717, 1.165) is 69.6 Å². The zero-order valence-electron chi connectivity index (χ0n) is 49.6. The molecule has 0 aromatic heterocycles. The summed E-state index contributed by atoms with van der Waals surface area (Å²) in [5.74, 6) is 0.914. The summed E-state index contributed by atoms with van der Waals surface area (Å²) in [5.41, 5.74) is 0. The molecule has 1 unspecified atom stereocenters. The van der Waals surface area contributed by atoms with Crippen LogP contribution in [0.15, 0.2) is 0 Å². The van der Waals surface area contributed by atoms with Gasteiger partial charge in [0.2, 0.25) is 0 Å². The average Bonchev–Trinajstić information content (AvgIpc) is 3.37. The van der Waals surface area contributed by atoms with Crippen molar-refractivity contribution in [1.82, 2.24) is 0 Å². The van der Waals surface area contributed by atoms with E-state index in [4.69, 9.17) is 14.2 Å². The molecule has 0 saturated carbocycles. The molecule has 72 heavy (non-hydrogen) atoms. The van der Waals surface area contributed by atoms with Crippen LogP contribution in [-0.2, 0) is 28.6 Å². The van der Waals surface area contributed by atoms with E-state index in [1.807, 2.05) is 0 Å². The van der Waals surface area contributed by atoms with Crippen LogP contribution in [0.1, 0.15) is 375 Å². The lowest BCUT2D eigenvalue weighted by Crippen LogP contribution is -2.30. The van der Waals surface area contributed by atoms with Crippen molar-refractivity contribution in [2.24, 2.45) is 11.8 Å². The van der Waals surface area contributed by atoms with Crippen molar-refractivity contribution in [3.05, 3.63) is 0 Å². The van der Waals surface area contributed by atoms with Gasteiger partial charge in [0.1, 0.15) is 13.2 Å². The Kier molecular flexibility index (Phi) is 57.4. The SMILES string of the molecule is CCCCCCCCCCCCCCCCCCCCC(=O)OC[C@@H](COC(=O)CCCCCCCCCCCCCCCCC(C)CC)OC(=O)CCCCCCCCCCCCCCCCCC(C)C. The highest BCUT2D eigenvalue weighted by atomic mass is 16.6. The van der Waals surface area contributed by atoms with Gasteiger partial charge in [-0.3, -0.25) is 14.4 Å². The number of unbranched alkanes of at least 4 members (excludes halogenated alkanes) is 44. The number of rotatable bonds is 60. The van der Waals surface area contributed by atoms with Crippen LogP contribution in [0.25, 0.3) is 0 Å². The van der Waals surface area contributed by atoms with Gasteiger partial charge >= 0.3 is 17.9 Å². The first-order valence-corrected chi connectivity index (χ1v) is 32.8. The van der Waals surface area contributed by atoms with E-state index in [-0.39, 0.29) is 31.1 Å². The molecule has 0 N–H and O–H groups in total. The third kappa shape index (κ3) is 57.7. The molecule has 0 aliphatic carbocycles. The molecule has 0 fully saturated rings. The van der Waals surface area contributed by atoms with E-state index < -0.39 is 6.10 Å². The minimum absolute atomic E-state index is 0.0616. The molecular formula is C66H128O6. The molecule has 0 amide bonds. The fourth-order valence-corrected chi connectivity index (χ4v) is 10.3. The lowest BCUT2D eigenvalue weighted by atomic mass is 9.99. The molecule has 0 radical (unpaired) electrons. The van der Waals surface area contributed by atoms with Crippen LogP contribution in [0.5, 0.6) is 0 Å². The number of esters is 3. The summed E-state index contributed by atoms with van der Waals surface area (Å²) in [7, 11) is 0. The molecule has 428 valence electrons. The molecular weight excluding hydrogens is 889 g/mol. The standard InChI is InChI=1S/C66H128O6/c1-6-8-9-10-11-12-13-14-15-16-17-20-26-31-36-41-46-51-56-64(67)70-59-63(72-66(69)58-53-48-43-38-33-28-21-18-19-24-29-34-39-44-49-54-61(3)4)60-71-65(68)57-52-47-42-37-32-27-23-22-25-30-35-40-45-50-55-62(5)7-2/h61-63H,6-60H2,1-5H3/t62?,63-/m0/s1. The number of ether oxygens (including phenoxy) is 3. The number of carbonyl (C=O) groups is 3. The summed E-state index contributed by atoms with van der Waals surface area (Å²) in [6.45, 7) is 11.5. The predicted octanol–water partition coefficient (Wildman–Crippen LogP) is 22.0. The highest BCUT2D eigenvalue weighted by Gasteiger charge is 2.19. The van der Waals surface area contributed by atoms with Gasteiger partial charge in [0, 0.05) is 19.3 Å². The zero-order chi connectivity index (χ0) is 52.5. The first kappa shape index (κ1) is 70.4. The molecule has 0 bridgehead atoms. The Morgan fingerprint density at radius 1 is 0.292 bits per heavy atom. The van der Waals surface area contributed by atoms with Gasteiger partial charge in [-0.15, -0.1) is 0 Å². The molecule has 0 spiro atoms. The minimum atomic E-state index is -0.764. The lowest BCUT2D eigenvalue weighted by molar-refractivity contribution is -0.167. The van der Waals surface area contributed by atoms with E-state index >= 15 is 0 Å². The van der Waals surface area contributed by atoms with Crippen LogP contribution < -0.4 is 0 Å². The van der Waals surface area contributed by atoms with E-state index in [1.165, 1.54) is 263 Å². The van der Waals surface area contributed by atoms with Crippen molar-refractivity contribution < 1.29 is 28.6 Å². The zero-order valence-corrected chi connectivity index (χ0v) is 49.6. The number of hydrogen-bond donors (Lipinski definition) is 0. The maximum Gasteiger partial charge on any atom is 0.306 e. The first-order chi connectivity index (χ1) is 35.3. The molecule has 0 aliphatic rings. The van der Waals surface area contributed by atoms with Gasteiger partial charge < -0.3 is 14.2 Å². The average molecular weight is 1020 g/mol. The Labute approximate surface area is 450 Å². The van der Waals surface area contributed by atoms with Gasteiger partial charge in [0.25, 0.3) is 0 Å². The fourth-order valence-electron chi connectivity index (χ4n) is 10.3. The molecule has 0 aliphatic heterocycles. The summed E-state index contributed by atoms with van der Waals surface area (Å²) in [6, 6.07) is 0. The highest BCUT2D eigenvalue weighted by Crippen LogP contribution is 2.19. The predicted molar refractivity (Wildman–Crippen MR) is 312 cm³/mol. The topological polar surface area (TPSA) is 78.9 Å². The van der Waals surface area contributed by atoms with Crippen molar-refractivity contribution in [3.8, 4) is 0 Å². The van der Waals surface area contributed by atoms with Gasteiger partial charge in [0.05, 0.1) is 0 Å². The van der Waals surface area contributed by atoms with Crippen LogP contribution in [-0.4, -0.2) is 37.2 Å². The third-order valence-electron chi connectivity index (χ3n) is 15.6. The van der Waals surface area contributed by atoms with Gasteiger partial charge in [-0.1, -0.05) is 336 Å². The number of hydrogen-bond acceptors (Lipinski definition) is 6. The van der Waals surface area contributed by atoms with Crippen molar-refractivity contribution in [1.29, 1.82) is 0 Å². The monoisotopic (exact) mass is 1020 g/mol. The van der Waals surface area contributed by atoms with Crippen molar-refractivity contribution in [2.75, 3.05) is 13.2 Å². The number of carbonyl (C=O) groups excluding carboxylic acids is 3. The van der Waals surface area contributed by atoms with Gasteiger partial charge in [0.15, 0.2) is 6.10 Å². The molecule has 0 aromatic rings.